The van der Waals surface area contributed by atoms with Gasteiger partial charge in [-0.15, -0.1) is 0 Å². The van der Waals surface area contributed by atoms with E-state index < -0.39 is 5.56 Å². The maximum atomic E-state index is 13.3. The molecule has 2 aromatic heterocycles. The standard InChI is InChI=1S/C23H15N5O2/c29-21-18-13-7-8-14-19(18)25-23-27(24-15-16-9-3-1-4-10-16)22(30)20(26-28(21)23)17-11-5-2-6-12-17/h1-15H/b24-15+. The molecule has 0 aliphatic carbocycles. The minimum absolute atomic E-state index is 0.0514. The number of aromatic nitrogens is 4. The van der Waals surface area contributed by atoms with Crippen molar-refractivity contribution in [3.63, 3.8) is 0 Å². The van der Waals surface area contributed by atoms with Crippen molar-refractivity contribution in [3.05, 3.63) is 111 Å². The van der Waals surface area contributed by atoms with Gasteiger partial charge in [0, 0.05) is 5.56 Å². The van der Waals surface area contributed by atoms with Gasteiger partial charge in [0.05, 0.1) is 17.1 Å². The molecule has 0 bridgehead atoms. The summed E-state index contributed by atoms with van der Waals surface area (Å²) in [5, 5.41) is 9.12. The third kappa shape index (κ3) is 2.98. The van der Waals surface area contributed by atoms with Gasteiger partial charge < -0.3 is 0 Å². The zero-order valence-corrected chi connectivity index (χ0v) is 15.7. The normalized spacial score (nSPS) is 11.5. The summed E-state index contributed by atoms with van der Waals surface area (Å²) in [7, 11) is 0. The summed E-state index contributed by atoms with van der Waals surface area (Å²) in [5.74, 6) is 0.0514. The van der Waals surface area contributed by atoms with E-state index in [1.165, 1.54) is 0 Å². The van der Waals surface area contributed by atoms with Gasteiger partial charge in [-0.2, -0.15) is 19.4 Å². The van der Waals surface area contributed by atoms with Crippen LogP contribution in [-0.4, -0.2) is 25.5 Å². The first-order chi connectivity index (χ1) is 14.7. The minimum atomic E-state index is -0.462. The van der Waals surface area contributed by atoms with Gasteiger partial charge in [-0.25, -0.2) is 4.98 Å². The largest absolute Gasteiger partial charge is 0.302 e. The molecule has 0 atom stereocenters. The van der Waals surface area contributed by atoms with E-state index in [1.54, 1.807) is 54.7 Å². The molecule has 0 saturated carbocycles. The maximum absolute atomic E-state index is 13.3. The van der Waals surface area contributed by atoms with Crippen molar-refractivity contribution in [1.29, 1.82) is 0 Å². The molecule has 0 fully saturated rings. The lowest BCUT2D eigenvalue weighted by atomic mass is 10.2. The number of fused-ring (bicyclic) bond motifs is 2. The molecule has 0 aliphatic heterocycles. The van der Waals surface area contributed by atoms with E-state index >= 15 is 0 Å². The van der Waals surface area contributed by atoms with Crippen LogP contribution in [0.25, 0.3) is 27.9 Å². The zero-order chi connectivity index (χ0) is 20.5. The second kappa shape index (κ2) is 7.21. The Bertz CT molecular complexity index is 1520. The molecule has 7 nitrogen and oxygen atoms in total. The fraction of sp³-hybridized carbons (Fsp3) is 0. The summed E-state index contributed by atoms with van der Waals surface area (Å²) in [6.45, 7) is 0. The molecule has 0 unspecified atom stereocenters. The van der Waals surface area contributed by atoms with E-state index in [-0.39, 0.29) is 17.0 Å². The predicted octanol–water partition coefficient (Wildman–Crippen LogP) is 2.95. The Labute approximate surface area is 170 Å². The molecule has 144 valence electrons. The highest BCUT2D eigenvalue weighted by Gasteiger charge is 2.16. The van der Waals surface area contributed by atoms with Crippen molar-refractivity contribution in [1.82, 2.24) is 19.3 Å². The van der Waals surface area contributed by atoms with Gasteiger partial charge in [0.1, 0.15) is 0 Å². The Balaban J connectivity index is 1.87. The van der Waals surface area contributed by atoms with Crippen LogP contribution in [0.3, 0.4) is 0 Å². The molecule has 2 heterocycles. The lowest BCUT2D eigenvalue weighted by Gasteiger charge is -2.09. The lowest BCUT2D eigenvalue weighted by molar-refractivity contribution is 0.742. The zero-order valence-electron chi connectivity index (χ0n) is 15.7. The molecule has 5 rings (SSSR count). The highest BCUT2D eigenvalue weighted by molar-refractivity contribution is 5.80. The third-order valence-electron chi connectivity index (χ3n) is 4.69. The van der Waals surface area contributed by atoms with E-state index in [0.717, 1.165) is 14.8 Å². The van der Waals surface area contributed by atoms with E-state index in [9.17, 15) is 9.59 Å². The first-order valence-corrected chi connectivity index (χ1v) is 9.32. The van der Waals surface area contributed by atoms with Crippen molar-refractivity contribution in [2.75, 3.05) is 0 Å². The molecule has 0 N–H and O–H groups in total. The summed E-state index contributed by atoms with van der Waals surface area (Å²) in [4.78, 5) is 30.9. The monoisotopic (exact) mass is 393 g/mol. The summed E-state index contributed by atoms with van der Waals surface area (Å²) in [5.41, 5.74) is 1.16. The smallest absolute Gasteiger partial charge is 0.267 e. The summed E-state index contributed by atoms with van der Waals surface area (Å²) < 4.78 is 2.25. The first-order valence-electron chi connectivity index (χ1n) is 9.32. The number of para-hydroxylation sites is 1. The highest BCUT2D eigenvalue weighted by atomic mass is 16.1. The predicted molar refractivity (Wildman–Crippen MR) is 116 cm³/mol. The number of nitrogens with zero attached hydrogens (tertiary/aromatic N) is 5. The third-order valence-corrected chi connectivity index (χ3v) is 4.69. The van der Waals surface area contributed by atoms with Crippen LogP contribution >= 0.6 is 0 Å². The van der Waals surface area contributed by atoms with Gasteiger partial charge in [0.2, 0.25) is 0 Å². The van der Waals surface area contributed by atoms with Crippen LogP contribution in [0.1, 0.15) is 5.56 Å². The summed E-state index contributed by atoms with van der Waals surface area (Å²) in [6.07, 6.45) is 1.55. The average molecular weight is 393 g/mol. The van der Waals surface area contributed by atoms with E-state index in [4.69, 9.17) is 0 Å². The van der Waals surface area contributed by atoms with Crippen molar-refractivity contribution in [3.8, 4) is 11.3 Å². The van der Waals surface area contributed by atoms with E-state index in [1.807, 2.05) is 36.4 Å². The number of rotatable bonds is 3. The van der Waals surface area contributed by atoms with Gasteiger partial charge in [-0.1, -0.05) is 72.8 Å². The Hall–Kier alpha value is -4.39. The van der Waals surface area contributed by atoms with Gasteiger partial charge in [-0.05, 0) is 17.7 Å². The quantitative estimate of drug-likeness (QED) is 0.349. The molecule has 0 saturated heterocycles. The van der Waals surface area contributed by atoms with Gasteiger partial charge in [0.25, 0.3) is 11.3 Å². The van der Waals surface area contributed by atoms with Crippen LogP contribution in [0.4, 0.5) is 0 Å². The lowest BCUT2D eigenvalue weighted by Crippen LogP contribution is -2.30. The fourth-order valence-corrected chi connectivity index (χ4v) is 3.22. The molecule has 0 radical (unpaired) electrons. The van der Waals surface area contributed by atoms with Crippen LogP contribution in [0.2, 0.25) is 0 Å². The van der Waals surface area contributed by atoms with E-state index in [0.29, 0.717) is 16.5 Å². The average Bonchev–Trinajstić information content (AvgIpc) is 2.80. The van der Waals surface area contributed by atoms with Crippen molar-refractivity contribution < 1.29 is 0 Å². The summed E-state index contributed by atoms with van der Waals surface area (Å²) in [6, 6.07) is 25.3. The molecule has 5 aromatic rings. The van der Waals surface area contributed by atoms with Crippen molar-refractivity contribution in [2.24, 2.45) is 5.10 Å². The van der Waals surface area contributed by atoms with Crippen LogP contribution in [0, 0.1) is 0 Å². The molecule has 7 heteroatoms. The second-order valence-corrected chi connectivity index (χ2v) is 6.63. The van der Waals surface area contributed by atoms with Gasteiger partial charge in [0.15, 0.2) is 5.69 Å². The fourth-order valence-electron chi connectivity index (χ4n) is 3.22. The van der Waals surface area contributed by atoms with Crippen molar-refractivity contribution in [2.45, 2.75) is 0 Å². The molecule has 3 aromatic carbocycles. The molecular formula is C23H15N5O2. The second-order valence-electron chi connectivity index (χ2n) is 6.63. The van der Waals surface area contributed by atoms with Crippen LogP contribution in [-0.2, 0) is 0 Å². The van der Waals surface area contributed by atoms with Crippen molar-refractivity contribution >= 4 is 22.9 Å². The van der Waals surface area contributed by atoms with E-state index in [2.05, 4.69) is 15.2 Å². The number of hydrogen-bond donors (Lipinski definition) is 0. The molecule has 0 aliphatic rings. The molecular weight excluding hydrogens is 378 g/mol. The molecule has 30 heavy (non-hydrogen) atoms. The Kier molecular flexibility index (Phi) is 4.25. The topological polar surface area (TPSA) is 81.6 Å². The Morgan fingerprint density at radius 3 is 2.20 bits per heavy atom. The number of benzene rings is 3. The minimum Gasteiger partial charge on any atom is -0.267 e. The molecule has 0 amide bonds. The number of hydrogen-bond acceptors (Lipinski definition) is 5. The maximum Gasteiger partial charge on any atom is 0.302 e. The van der Waals surface area contributed by atoms with Gasteiger partial charge >= 0.3 is 5.56 Å². The van der Waals surface area contributed by atoms with Crippen LogP contribution in [0.15, 0.2) is 99.6 Å². The highest BCUT2D eigenvalue weighted by Crippen LogP contribution is 2.14. The SMILES string of the molecule is O=c1c(-c2ccccc2)nn2c(=O)c3ccccc3nc2n1/N=C/c1ccccc1. The molecule has 0 spiro atoms. The Morgan fingerprint density at radius 2 is 1.43 bits per heavy atom. The Morgan fingerprint density at radius 1 is 0.767 bits per heavy atom. The summed E-state index contributed by atoms with van der Waals surface area (Å²) >= 11 is 0. The van der Waals surface area contributed by atoms with Crippen LogP contribution in [0.5, 0.6) is 0 Å². The first kappa shape index (κ1) is 17.7. The van der Waals surface area contributed by atoms with Crippen LogP contribution < -0.4 is 11.1 Å². The van der Waals surface area contributed by atoms with Gasteiger partial charge in [-0.3, -0.25) is 9.59 Å².